The van der Waals surface area contributed by atoms with Crippen molar-refractivity contribution in [1.82, 2.24) is 26.2 Å². The molecule has 0 spiro atoms. The summed E-state index contributed by atoms with van der Waals surface area (Å²) in [5, 5.41) is 22.6. The molecule has 13 nitrogen and oxygen atoms in total. The first-order valence-electron chi connectivity index (χ1n) is 14.9. The lowest BCUT2D eigenvalue weighted by atomic mass is 9.99. The standard InChI is InChI=1S/C30H46N6O7.ClH/c1-30(2,3)35-28(41)23-10-7-15-36(23)29(42)26(39)21(16-19-8-5-4-6-9-19)34-27(40)22(17-24(31)37)33-25(38)18-43-20-11-13-32-14-12-20;/h4-6,8-9,20-23,26,32,39H,7,10-18H2,1-3H3,(H2,31,37)(H,33,38)(H,34,40)(H,35,41);1H/t21-,22-,23-,26-;/m0./s1. The van der Waals surface area contributed by atoms with Gasteiger partial charge in [0.15, 0.2) is 6.10 Å². The number of hydrogen-bond donors (Lipinski definition) is 6. The highest BCUT2D eigenvalue weighted by molar-refractivity contribution is 5.93. The van der Waals surface area contributed by atoms with Crippen molar-refractivity contribution >= 4 is 41.9 Å². The molecule has 2 saturated heterocycles. The summed E-state index contributed by atoms with van der Waals surface area (Å²) in [6.45, 7) is 7.06. The first-order chi connectivity index (χ1) is 20.3. The largest absolute Gasteiger partial charge is 0.381 e. The van der Waals surface area contributed by atoms with E-state index in [2.05, 4.69) is 21.3 Å². The van der Waals surface area contributed by atoms with Crippen molar-refractivity contribution in [3.63, 3.8) is 0 Å². The van der Waals surface area contributed by atoms with E-state index < -0.39 is 59.8 Å². The molecule has 0 unspecified atom stereocenters. The molecule has 0 bridgehead atoms. The monoisotopic (exact) mass is 638 g/mol. The lowest BCUT2D eigenvalue weighted by Crippen LogP contribution is -2.59. The zero-order valence-corrected chi connectivity index (χ0v) is 26.5. The molecule has 44 heavy (non-hydrogen) atoms. The van der Waals surface area contributed by atoms with Crippen molar-refractivity contribution < 1.29 is 33.8 Å². The molecule has 0 aliphatic carbocycles. The zero-order chi connectivity index (χ0) is 31.6. The van der Waals surface area contributed by atoms with Crippen LogP contribution in [-0.4, -0.2) is 102 Å². The highest BCUT2D eigenvalue weighted by atomic mass is 35.5. The van der Waals surface area contributed by atoms with E-state index in [-0.39, 0.29) is 44.0 Å². The number of carbonyl (C=O) groups is 5. The molecule has 7 N–H and O–H groups in total. The maximum absolute atomic E-state index is 13.6. The highest BCUT2D eigenvalue weighted by Crippen LogP contribution is 2.21. The molecule has 0 saturated carbocycles. The Morgan fingerprint density at radius 3 is 2.34 bits per heavy atom. The number of amides is 5. The van der Waals surface area contributed by atoms with Crippen molar-refractivity contribution in [2.75, 3.05) is 26.2 Å². The molecule has 0 aromatic heterocycles. The van der Waals surface area contributed by atoms with E-state index in [1.165, 1.54) is 4.90 Å². The van der Waals surface area contributed by atoms with E-state index in [1.54, 1.807) is 24.3 Å². The highest BCUT2D eigenvalue weighted by Gasteiger charge is 2.40. The molecular weight excluding hydrogens is 592 g/mol. The van der Waals surface area contributed by atoms with Gasteiger partial charge in [-0.2, -0.15) is 0 Å². The predicted molar refractivity (Wildman–Crippen MR) is 166 cm³/mol. The minimum absolute atomic E-state index is 0. The van der Waals surface area contributed by atoms with Crippen LogP contribution >= 0.6 is 12.4 Å². The van der Waals surface area contributed by atoms with E-state index in [9.17, 15) is 29.1 Å². The number of carbonyl (C=O) groups excluding carboxylic acids is 5. The van der Waals surface area contributed by atoms with Crippen molar-refractivity contribution in [2.24, 2.45) is 5.73 Å². The Morgan fingerprint density at radius 2 is 1.73 bits per heavy atom. The van der Waals surface area contributed by atoms with Gasteiger partial charge in [0, 0.05) is 12.1 Å². The second-order valence-electron chi connectivity index (χ2n) is 12.2. The first kappa shape index (κ1) is 36.9. The van der Waals surface area contributed by atoms with Gasteiger partial charge < -0.3 is 41.7 Å². The van der Waals surface area contributed by atoms with E-state index in [4.69, 9.17) is 10.5 Å². The molecule has 14 heteroatoms. The fourth-order valence-corrected chi connectivity index (χ4v) is 5.29. The summed E-state index contributed by atoms with van der Waals surface area (Å²) >= 11 is 0. The van der Waals surface area contributed by atoms with Crippen LogP contribution in [0.1, 0.15) is 58.4 Å². The number of hydrogen-bond acceptors (Lipinski definition) is 8. The number of benzene rings is 1. The molecule has 2 aliphatic heterocycles. The van der Waals surface area contributed by atoms with Crippen LogP contribution in [-0.2, 0) is 35.1 Å². The van der Waals surface area contributed by atoms with Gasteiger partial charge in [0.05, 0.1) is 18.6 Å². The van der Waals surface area contributed by atoms with Crippen LogP contribution in [0.5, 0.6) is 0 Å². The molecule has 4 atom stereocenters. The molecule has 1 aromatic carbocycles. The first-order valence-corrected chi connectivity index (χ1v) is 14.9. The number of nitrogens with two attached hydrogens (primary N) is 1. The summed E-state index contributed by atoms with van der Waals surface area (Å²) in [7, 11) is 0. The van der Waals surface area contributed by atoms with Gasteiger partial charge >= 0.3 is 0 Å². The van der Waals surface area contributed by atoms with E-state index >= 15 is 0 Å². The van der Waals surface area contributed by atoms with Crippen LogP contribution in [0.15, 0.2) is 30.3 Å². The number of aliphatic hydroxyl groups excluding tert-OH is 1. The molecule has 2 heterocycles. The van der Waals surface area contributed by atoms with Crippen LogP contribution in [0.2, 0.25) is 0 Å². The number of aliphatic hydroxyl groups is 1. The lowest BCUT2D eigenvalue weighted by molar-refractivity contribution is -0.147. The maximum Gasteiger partial charge on any atom is 0.254 e. The summed E-state index contributed by atoms with van der Waals surface area (Å²) in [4.78, 5) is 65.7. The van der Waals surface area contributed by atoms with Crippen LogP contribution in [0, 0.1) is 0 Å². The second kappa shape index (κ2) is 17.3. The summed E-state index contributed by atoms with van der Waals surface area (Å²) in [5.41, 5.74) is 5.60. The van der Waals surface area contributed by atoms with Gasteiger partial charge in [-0.3, -0.25) is 24.0 Å². The van der Waals surface area contributed by atoms with Crippen LogP contribution in [0.25, 0.3) is 0 Å². The number of nitrogens with zero attached hydrogens (tertiary/aromatic N) is 1. The lowest BCUT2D eigenvalue weighted by Gasteiger charge is -2.32. The Labute approximate surface area is 264 Å². The number of nitrogens with one attached hydrogen (secondary N) is 4. The van der Waals surface area contributed by atoms with E-state index in [1.807, 2.05) is 26.8 Å². The normalized spacial score (nSPS) is 19.2. The Morgan fingerprint density at radius 1 is 1.07 bits per heavy atom. The predicted octanol–water partition coefficient (Wildman–Crippen LogP) is -0.469. The van der Waals surface area contributed by atoms with Crippen LogP contribution < -0.4 is 27.0 Å². The Kier molecular flexibility index (Phi) is 14.5. The zero-order valence-electron chi connectivity index (χ0n) is 25.7. The Bertz CT molecular complexity index is 1130. The van der Waals surface area contributed by atoms with Gasteiger partial charge in [0.25, 0.3) is 5.91 Å². The Hall–Kier alpha value is -3.26. The Balaban J connectivity index is 0.00000675. The quantitative estimate of drug-likeness (QED) is 0.167. The van der Waals surface area contributed by atoms with Crippen molar-refractivity contribution in [3.8, 4) is 0 Å². The third-order valence-electron chi connectivity index (χ3n) is 7.39. The van der Waals surface area contributed by atoms with Gasteiger partial charge in [0.2, 0.25) is 23.6 Å². The van der Waals surface area contributed by atoms with Gasteiger partial charge in [-0.15, -0.1) is 12.4 Å². The molecular formula is C30H47ClN6O7. The molecule has 2 aliphatic rings. The molecule has 3 rings (SSSR count). The van der Waals surface area contributed by atoms with Gasteiger partial charge in [-0.05, 0) is 71.5 Å². The van der Waals surface area contributed by atoms with Crippen molar-refractivity contribution in [2.45, 2.75) is 95.2 Å². The van der Waals surface area contributed by atoms with Crippen LogP contribution in [0.3, 0.4) is 0 Å². The average Bonchev–Trinajstić information content (AvgIpc) is 3.45. The third kappa shape index (κ3) is 11.7. The fraction of sp³-hybridized carbons (Fsp3) is 0.633. The number of halogens is 1. The topological polar surface area (TPSA) is 192 Å². The van der Waals surface area contributed by atoms with Gasteiger partial charge in [0.1, 0.15) is 18.7 Å². The van der Waals surface area contributed by atoms with Crippen LogP contribution in [0.4, 0.5) is 0 Å². The van der Waals surface area contributed by atoms with E-state index in [0.29, 0.717) is 12.8 Å². The molecule has 2 fully saturated rings. The summed E-state index contributed by atoms with van der Waals surface area (Å²) in [6.07, 6.45) is 0.316. The summed E-state index contributed by atoms with van der Waals surface area (Å²) in [6, 6.07) is 5.72. The van der Waals surface area contributed by atoms with Gasteiger partial charge in [-0.1, -0.05) is 30.3 Å². The number of likely N-dealkylation sites (tertiary alicyclic amines) is 1. The SMILES string of the molecule is CC(C)(C)NC(=O)[C@@H]1CCCN1C(=O)[C@@H](O)[C@H](Cc1ccccc1)NC(=O)[C@H](CC(N)=O)NC(=O)COC1CCNCC1.Cl. The van der Waals surface area contributed by atoms with E-state index in [0.717, 1.165) is 31.5 Å². The number of rotatable bonds is 13. The number of piperidine rings is 1. The molecule has 5 amide bonds. The molecule has 246 valence electrons. The summed E-state index contributed by atoms with van der Waals surface area (Å²) < 4.78 is 5.65. The smallest absolute Gasteiger partial charge is 0.254 e. The minimum atomic E-state index is -1.71. The number of ether oxygens (including phenoxy) is 1. The molecule has 0 radical (unpaired) electrons. The van der Waals surface area contributed by atoms with Crippen molar-refractivity contribution in [3.05, 3.63) is 35.9 Å². The minimum Gasteiger partial charge on any atom is -0.381 e. The van der Waals surface area contributed by atoms with Gasteiger partial charge in [-0.25, -0.2) is 0 Å². The van der Waals surface area contributed by atoms with Crippen molar-refractivity contribution in [1.29, 1.82) is 0 Å². The average molecular weight is 639 g/mol. The maximum atomic E-state index is 13.6. The fourth-order valence-electron chi connectivity index (χ4n) is 5.29. The summed E-state index contributed by atoms with van der Waals surface area (Å²) in [5.74, 6) is -3.21. The second-order valence-corrected chi connectivity index (χ2v) is 12.2. The number of primary amides is 1. The molecule has 1 aromatic rings. The third-order valence-corrected chi connectivity index (χ3v) is 7.39.